The molecule has 5 nitrogen and oxygen atoms in total. The second kappa shape index (κ2) is 7.24. The number of halogens is 1. The van der Waals surface area contributed by atoms with Crippen LogP contribution in [0.5, 0.6) is 5.88 Å². The number of hydrogen-bond acceptors (Lipinski definition) is 5. The second-order valence-corrected chi connectivity index (χ2v) is 4.40. The molecule has 1 aromatic rings. The molecule has 17 heavy (non-hydrogen) atoms. The molecule has 94 valence electrons. The summed E-state index contributed by atoms with van der Waals surface area (Å²) in [5.74, 6) is 0.292. The Morgan fingerprint density at radius 1 is 1.59 bits per heavy atom. The van der Waals surface area contributed by atoms with Crippen molar-refractivity contribution in [1.82, 2.24) is 10.3 Å². The van der Waals surface area contributed by atoms with Crippen molar-refractivity contribution in [3.63, 3.8) is 0 Å². The van der Waals surface area contributed by atoms with Crippen LogP contribution in [0.3, 0.4) is 0 Å². The van der Waals surface area contributed by atoms with E-state index in [9.17, 15) is 4.79 Å². The molecular weight excluding hydrogens is 288 g/mol. The van der Waals surface area contributed by atoms with Gasteiger partial charge in [-0.25, -0.2) is 4.98 Å². The van der Waals surface area contributed by atoms with E-state index in [-0.39, 0.29) is 10.8 Å². The van der Waals surface area contributed by atoms with E-state index in [1.807, 2.05) is 12.1 Å². The molecule has 1 rings (SSSR count). The number of carbonyl (C=O) groups excluding carboxylic acids is 1. The molecule has 1 unspecified atom stereocenters. The first-order chi connectivity index (χ1) is 8.19. The lowest BCUT2D eigenvalue weighted by atomic mass is 10.2. The Kier molecular flexibility index (Phi) is 5.93. The Bertz CT molecular complexity index is 373. The smallest absolute Gasteiger partial charge is 0.320 e. The third-order valence-corrected chi connectivity index (χ3v) is 2.84. The molecule has 6 heteroatoms. The average Bonchev–Trinajstić information content (AvgIpc) is 2.38. The highest BCUT2D eigenvalue weighted by Crippen LogP contribution is 2.13. The minimum absolute atomic E-state index is 0.296. The van der Waals surface area contributed by atoms with E-state index in [0.29, 0.717) is 19.0 Å². The summed E-state index contributed by atoms with van der Waals surface area (Å²) in [5, 5.41) is 3.12. The van der Waals surface area contributed by atoms with E-state index in [2.05, 4.69) is 31.0 Å². The van der Waals surface area contributed by atoms with E-state index in [4.69, 9.17) is 4.74 Å². The van der Waals surface area contributed by atoms with Gasteiger partial charge in [-0.1, -0.05) is 22.0 Å². The van der Waals surface area contributed by atoms with E-state index in [1.165, 1.54) is 7.11 Å². The SMILES string of the molecule is COC(=O)C(Br)CNCc1cccnc1OC. The largest absolute Gasteiger partial charge is 0.481 e. The van der Waals surface area contributed by atoms with Gasteiger partial charge in [-0.3, -0.25) is 4.79 Å². The third-order valence-electron chi connectivity index (χ3n) is 2.14. The van der Waals surface area contributed by atoms with Gasteiger partial charge in [-0.15, -0.1) is 0 Å². The van der Waals surface area contributed by atoms with Crippen LogP contribution in [0, 0.1) is 0 Å². The molecule has 1 heterocycles. The molecular formula is C11H15BrN2O3. The van der Waals surface area contributed by atoms with Crippen LogP contribution in [0.25, 0.3) is 0 Å². The maximum absolute atomic E-state index is 11.1. The van der Waals surface area contributed by atoms with Crippen LogP contribution in [0.4, 0.5) is 0 Å². The lowest BCUT2D eigenvalue weighted by Crippen LogP contribution is -2.29. The van der Waals surface area contributed by atoms with E-state index < -0.39 is 0 Å². The molecule has 0 spiro atoms. The van der Waals surface area contributed by atoms with Gasteiger partial charge in [0.15, 0.2) is 0 Å². The van der Waals surface area contributed by atoms with Gasteiger partial charge in [0.1, 0.15) is 4.83 Å². The predicted octanol–water partition coefficient (Wildman–Crippen LogP) is 1.12. The molecule has 0 saturated heterocycles. The number of nitrogens with one attached hydrogen (secondary N) is 1. The van der Waals surface area contributed by atoms with Gasteiger partial charge in [0.05, 0.1) is 14.2 Å². The number of pyridine rings is 1. The molecule has 0 radical (unpaired) electrons. The molecule has 0 aliphatic carbocycles. The molecule has 0 saturated carbocycles. The third kappa shape index (κ3) is 4.32. The van der Waals surface area contributed by atoms with E-state index in [0.717, 1.165) is 5.56 Å². The topological polar surface area (TPSA) is 60.5 Å². The number of ether oxygens (including phenoxy) is 2. The number of esters is 1. The number of alkyl halides is 1. The zero-order valence-corrected chi connectivity index (χ0v) is 11.4. The van der Waals surface area contributed by atoms with Crippen LogP contribution in [-0.2, 0) is 16.1 Å². The molecule has 1 aromatic heterocycles. The fraction of sp³-hybridized carbons (Fsp3) is 0.455. The molecule has 0 aliphatic rings. The first-order valence-corrected chi connectivity index (χ1v) is 6.01. The summed E-state index contributed by atoms with van der Waals surface area (Å²) in [5.41, 5.74) is 0.944. The number of methoxy groups -OCH3 is 2. The number of carbonyl (C=O) groups is 1. The van der Waals surface area contributed by atoms with Crippen LogP contribution < -0.4 is 10.1 Å². The normalized spacial score (nSPS) is 11.9. The zero-order chi connectivity index (χ0) is 12.7. The Morgan fingerprint density at radius 3 is 3.00 bits per heavy atom. The fourth-order valence-electron chi connectivity index (χ4n) is 1.29. The number of rotatable bonds is 6. The Labute approximate surface area is 109 Å². The van der Waals surface area contributed by atoms with Gasteiger partial charge < -0.3 is 14.8 Å². The standard InChI is InChI=1S/C11H15BrN2O3/c1-16-10-8(4-3-5-14-10)6-13-7-9(12)11(15)17-2/h3-5,9,13H,6-7H2,1-2H3. The summed E-state index contributed by atoms with van der Waals surface area (Å²) in [6, 6.07) is 3.76. The molecule has 0 fully saturated rings. The number of aromatic nitrogens is 1. The second-order valence-electron chi connectivity index (χ2n) is 3.29. The molecule has 0 aliphatic heterocycles. The van der Waals surface area contributed by atoms with E-state index in [1.54, 1.807) is 13.3 Å². The molecule has 0 amide bonds. The number of nitrogens with zero attached hydrogens (tertiary/aromatic N) is 1. The van der Waals surface area contributed by atoms with Crippen molar-refractivity contribution in [2.75, 3.05) is 20.8 Å². The highest BCUT2D eigenvalue weighted by atomic mass is 79.9. The van der Waals surface area contributed by atoms with Crippen LogP contribution in [-0.4, -0.2) is 36.5 Å². The summed E-state index contributed by atoms with van der Waals surface area (Å²) in [6.07, 6.45) is 1.67. The monoisotopic (exact) mass is 302 g/mol. The van der Waals surface area contributed by atoms with Gasteiger partial charge in [0.25, 0.3) is 0 Å². The zero-order valence-electron chi connectivity index (χ0n) is 9.77. The summed E-state index contributed by atoms with van der Waals surface area (Å²) in [6.45, 7) is 1.06. The first kappa shape index (κ1) is 13.9. The lowest BCUT2D eigenvalue weighted by molar-refractivity contribution is -0.139. The molecule has 1 atom stereocenters. The highest BCUT2D eigenvalue weighted by Gasteiger charge is 2.14. The van der Waals surface area contributed by atoms with Crippen LogP contribution in [0.1, 0.15) is 5.56 Å². The first-order valence-electron chi connectivity index (χ1n) is 5.09. The molecule has 0 aromatic carbocycles. The van der Waals surface area contributed by atoms with Crippen molar-refractivity contribution in [1.29, 1.82) is 0 Å². The van der Waals surface area contributed by atoms with Crippen molar-refractivity contribution in [2.45, 2.75) is 11.4 Å². The summed E-state index contributed by atoms with van der Waals surface area (Å²) in [4.78, 5) is 14.9. The maximum Gasteiger partial charge on any atom is 0.320 e. The summed E-state index contributed by atoms with van der Waals surface area (Å²) < 4.78 is 9.71. The summed E-state index contributed by atoms with van der Waals surface area (Å²) >= 11 is 3.23. The molecule has 1 N–H and O–H groups in total. The Balaban J connectivity index is 2.43. The van der Waals surface area contributed by atoms with E-state index >= 15 is 0 Å². The Morgan fingerprint density at radius 2 is 2.35 bits per heavy atom. The van der Waals surface area contributed by atoms with Gasteiger partial charge >= 0.3 is 5.97 Å². The lowest BCUT2D eigenvalue weighted by Gasteiger charge is -2.10. The van der Waals surface area contributed by atoms with Crippen molar-refractivity contribution >= 4 is 21.9 Å². The highest BCUT2D eigenvalue weighted by molar-refractivity contribution is 9.10. The summed E-state index contributed by atoms with van der Waals surface area (Å²) in [7, 11) is 2.94. The van der Waals surface area contributed by atoms with Gasteiger partial charge in [0.2, 0.25) is 5.88 Å². The van der Waals surface area contributed by atoms with Crippen molar-refractivity contribution < 1.29 is 14.3 Å². The minimum Gasteiger partial charge on any atom is -0.481 e. The van der Waals surface area contributed by atoms with Crippen molar-refractivity contribution in [3.05, 3.63) is 23.9 Å². The van der Waals surface area contributed by atoms with Crippen LogP contribution in [0.15, 0.2) is 18.3 Å². The van der Waals surface area contributed by atoms with Gasteiger partial charge in [-0.05, 0) is 6.07 Å². The average molecular weight is 303 g/mol. The maximum atomic E-state index is 11.1. The van der Waals surface area contributed by atoms with Crippen molar-refractivity contribution in [2.24, 2.45) is 0 Å². The van der Waals surface area contributed by atoms with Crippen LogP contribution >= 0.6 is 15.9 Å². The van der Waals surface area contributed by atoms with Crippen LogP contribution in [0.2, 0.25) is 0 Å². The predicted molar refractivity (Wildman–Crippen MR) is 67.2 cm³/mol. The van der Waals surface area contributed by atoms with Crippen molar-refractivity contribution in [3.8, 4) is 5.88 Å². The van der Waals surface area contributed by atoms with Gasteiger partial charge in [-0.2, -0.15) is 0 Å². The Hall–Kier alpha value is -1.14. The molecule has 0 bridgehead atoms. The minimum atomic E-state index is -0.352. The quantitative estimate of drug-likeness (QED) is 0.630. The van der Waals surface area contributed by atoms with Gasteiger partial charge in [0, 0.05) is 24.8 Å². The number of hydrogen-bond donors (Lipinski definition) is 1. The fourth-order valence-corrected chi connectivity index (χ4v) is 1.70.